The van der Waals surface area contributed by atoms with E-state index in [-0.39, 0.29) is 10.8 Å². The van der Waals surface area contributed by atoms with Gasteiger partial charge in [-0.3, -0.25) is 4.79 Å². The van der Waals surface area contributed by atoms with Crippen molar-refractivity contribution in [3.63, 3.8) is 0 Å². The lowest BCUT2D eigenvalue weighted by Crippen LogP contribution is -2.34. The zero-order valence-corrected chi connectivity index (χ0v) is 7.93. The predicted molar refractivity (Wildman–Crippen MR) is 45.4 cm³/mol. The van der Waals surface area contributed by atoms with Gasteiger partial charge >= 0.3 is 6.18 Å². The molecule has 1 N–H and O–H groups in total. The first-order chi connectivity index (χ1) is 6.88. The highest BCUT2D eigenvalue weighted by Gasteiger charge is 2.28. The molecule has 1 aromatic rings. The number of carbonyl (C=O) groups excluding carboxylic acids is 1. The van der Waals surface area contributed by atoms with Crippen molar-refractivity contribution in [1.82, 2.24) is 15.3 Å². The third-order valence-corrected chi connectivity index (χ3v) is 1.52. The second-order valence-electron chi connectivity index (χ2n) is 2.52. The monoisotopic (exact) mass is 239 g/mol. The second-order valence-corrected chi connectivity index (χ2v) is 2.91. The molecule has 0 aliphatic rings. The molecule has 0 atom stereocenters. The van der Waals surface area contributed by atoms with Crippen LogP contribution in [0.25, 0.3) is 0 Å². The van der Waals surface area contributed by atoms with Crippen LogP contribution in [0.4, 0.5) is 13.2 Å². The molecule has 0 saturated heterocycles. The summed E-state index contributed by atoms with van der Waals surface area (Å²) in [5.41, 5.74) is -0.209. The quantitative estimate of drug-likeness (QED) is 0.794. The number of aromatic nitrogens is 2. The molecular formula is C7H5ClF3N3O. The van der Waals surface area contributed by atoms with Crippen LogP contribution in [0.1, 0.15) is 10.5 Å². The third kappa shape index (κ3) is 4.11. The number of carbonyl (C=O) groups is 1. The van der Waals surface area contributed by atoms with Crippen molar-refractivity contribution in [2.45, 2.75) is 6.18 Å². The average molecular weight is 240 g/mol. The Morgan fingerprint density at radius 2 is 2.13 bits per heavy atom. The molecule has 0 bridgehead atoms. The van der Waals surface area contributed by atoms with Gasteiger partial charge in [0.1, 0.15) is 23.7 Å². The SMILES string of the molecule is O=C(NCC(F)(F)F)c1cc(Cl)ncn1. The van der Waals surface area contributed by atoms with Crippen LogP contribution in [-0.2, 0) is 0 Å². The zero-order valence-electron chi connectivity index (χ0n) is 7.18. The van der Waals surface area contributed by atoms with Crippen LogP contribution in [0.3, 0.4) is 0 Å². The van der Waals surface area contributed by atoms with E-state index in [0.29, 0.717) is 0 Å². The Bertz CT molecular complexity index is 369. The molecule has 0 fully saturated rings. The molecular weight excluding hydrogens is 235 g/mol. The summed E-state index contributed by atoms with van der Waals surface area (Å²) in [6.45, 7) is -1.41. The number of hydrogen-bond acceptors (Lipinski definition) is 3. The van der Waals surface area contributed by atoms with Gasteiger partial charge in [0.15, 0.2) is 0 Å². The minimum absolute atomic E-state index is 0.0119. The minimum atomic E-state index is -4.45. The number of nitrogens with one attached hydrogen (secondary N) is 1. The highest BCUT2D eigenvalue weighted by Crippen LogP contribution is 2.12. The van der Waals surface area contributed by atoms with Crippen LogP contribution in [0.5, 0.6) is 0 Å². The van der Waals surface area contributed by atoms with E-state index in [1.54, 1.807) is 5.32 Å². The number of halogens is 4. The molecule has 0 saturated carbocycles. The van der Waals surface area contributed by atoms with E-state index < -0.39 is 18.6 Å². The van der Waals surface area contributed by atoms with E-state index in [9.17, 15) is 18.0 Å². The van der Waals surface area contributed by atoms with Gasteiger partial charge in [0.05, 0.1) is 0 Å². The van der Waals surface area contributed by atoms with Crippen LogP contribution in [0, 0.1) is 0 Å². The van der Waals surface area contributed by atoms with Gasteiger partial charge in [-0.1, -0.05) is 11.6 Å². The van der Waals surface area contributed by atoms with Crippen molar-refractivity contribution >= 4 is 17.5 Å². The Morgan fingerprint density at radius 3 is 2.67 bits per heavy atom. The number of nitrogens with zero attached hydrogens (tertiary/aromatic N) is 2. The molecule has 0 aromatic carbocycles. The summed E-state index contributed by atoms with van der Waals surface area (Å²) >= 11 is 5.43. The van der Waals surface area contributed by atoms with Gasteiger partial charge in [-0.05, 0) is 0 Å². The highest BCUT2D eigenvalue weighted by atomic mass is 35.5. The Balaban J connectivity index is 2.62. The Hall–Kier alpha value is -1.37. The van der Waals surface area contributed by atoms with Crippen molar-refractivity contribution in [1.29, 1.82) is 0 Å². The molecule has 4 nitrogen and oxygen atoms in total. The number of rotatable bonds is 2. The Kier molecular flexibility index (Phi) is 3.46. The van der Waals surface area contributed by atoms with Gasteiger partial charge in [-0.15, -0.1) is 0 Å². The fraction of sp³-hybridized carbons (Fsp3) is 0.286. The molecule has 1 aromatic heterocycles. The van der Waals surface area contributed by atoms with Gasteiger partial charge in [-0.2, -0.15) is 13.2 Å². The Labute approximate surface area is 87.5 Å². The van der Waals surface area contributed by atoms with Crippen molar-refractivity contribution < 1.29 is 18.0 Å². The number of amides is 1. The maximum Gasteiger partial charge on any atom is 0.405 e. The van der Waals surface area contributed by atoms with Crippen LogP contribution >= 0.6 is 11.6 Å². The molecule has 0 radical (unpaired) electrons. The molecule has 1 heterocycles. The normalized spacial score (nSPS) is 11.2. The fourth-order valence-corrected chi connectivity index (χ4v) is 0.876. The Morgan fingerprint density at radius 1 is 1.47 bits per heavy atom. The summed E-state index contributed by atoms with van der Waals surface area (Å²) in [6.07, 6.45) is -3.46. The second kappa shape index (κ2) is 4.43. The number of alkyl halides is 3. The van der Waals surface area contributed by atoms with Gasteiger partial charge < -0.3 is 5.32 Å². The van der Waals surface area contributed by atoms with Crippen molar-refractivity contribution in [2.24, 2.45) is 0 Å². The topological polar surface area (TPSA) is 54.9 Å². The summed E-state index contributed by atoms with van der Waals surface area (Å²) < 4.78 is 35.2. The average Bonchev–Trinajstić information content (AvgIpc) is 2.13. The molecule has 15 heavy (non-hydrogen) atoms. The summed E-state index contributed by atoms with van der Waals surface area (Å²) in [5, 5.41) is 1.64. The first kappa shape index (κ1) is 11.7. The van der Waals surface area contributed by atoms with Crippen LogP contribution in [-0.4, -0.2) is 28.6 Å². The van der Waals surface area contributed by atoms with E-state index >= 15 is 0 Å². The van der Waals surface area contributed by atoms with Gasteiger partial charge in [0.2, 0.25) is 0 Å². The van der Waals surface area contributed by atoms with Crippen LogP contribution < -0.4 is 5.32 Å². The molecule has 0 unspecified atom stereocenters. The van der Waals surface area contributed by atoms with Gasteiger partial charge in [0.25, 0.3) is 5.91 Å². The molecule has 82 valence electrons. The summed E-state index contributed by atoms with van der Waals surface area (Å²) in [6, 6.07) is 1.08. The molecule has 0 spiro atoms. The number of hydrogen-bond donors (Lipinski definition) is 1. The van der Waals surface area contributed by atoms with E-state index in [2.05, 4.69) is 9.97 Å². The molecule has 8 heteroatoms. The van der Waals surface area contributed by atoms with Crippen LogP contribution in [0.2, 0.25) is 5.15 Å². The standard InChI is InChI=1S/C7H5ClF3N3O/c8-5-1-4(13-3-14-5)6(15)12-2-7(9,10)11/h1,3H,2H2,(H,12,15). The first-order valence-electron chi connectivity index (χ1n) is 3.71. The molecule has 1 amide bonds. The maximum atomic E-state index is 11.7. The summed E-state index contributed by atoms with van der Waals surface area (Å²) in [5.74, 6) is -0.948. The smallest absolute Gasteiger partial charge is 0.342 e. The fourth-order valence-electron chi connectivity index (χ4n) is 0.729. The lowest BCUT2D eigenvalue weighted by molar-refractivity contribution is -0.123. The van der Waals surface area contributed by atoms with Crippen molar-refractivity contribution in [3.05, 3.63) is 23.2 Å². The van der Waals surface area contributed by atoms with E-state index in [4.69, 9.17) is 11.6 Å². The van der Waals surface area contributed by atoms with Gasteiger partial charge in [0, 0.05) is 6.07 Å². The molecule has 1 rings (SSSR count). The highest BCUT2D eigenvalue weighted by molar-refractivity contribution is 6.29. The lowest BCUT2D eigenvalue weighted by Gasteiger charge is -2.07. The van der Waals surface area contributed by atoms with Crippen molar-refractivity contribution in [3.8, 4) is 0 Å². The predicted octanol–water partition coefficient (Wildman–Crippen LogP) is 1.42. The molecule has 0 aliphatic carbocycles. The zero-order chi connectivity index (χ0) is 11.5. The van der Waals surface area contributed by atoms with E-state index in [1.807, 2.05) is 0 Å². The minimum Gasteiger partial charge on any atom is -0.342 e. The third-order valence-electron chi connectivity index (χ3n) is 1.32. The van der Waals surface area contributed by atoms with Gasteiger partial charge in [-0.25, -0.2) is 9.97 Å². The van der Waals surface area contributed by atoms with Crippen molar-refractivity contribution in [2.75, 3.05) is 6.54 Å². The maximum absolute atomic E-state index is 11.7. The van der Waals surface area contributed by atoms with E-state index in [0.717, 1.165) is 12.4 Å². The van der Waals surface area contributed by atoms with E-state index in [1.165, 1.54) is 0 Å². The lowest BCUT2D eigenvalue weighted by atomic mass is 10.4. The summed E-state index contributed by atoms with van der Waals surface area (Å²) in [4.78, 5) is 18.0. The molecule has 0 aliphatic heterocycles. The van der Waals surface area contributed by atoms with Crippen LogP contribution in [0.15, 0.2) is 12.4 Å². The summed E-state index contributed by atoms with van der Waals surface area (Å²) in [7, 11) is 0. The first-order valence-corrected chi connectivity index (χ1v) is 4.09. The largest absolute Gasteiger partial charge is 0.405 e.